The molecule has 3 heteroatoms. The first-order valence-electron chi connectivity index (χ1n) is 6.45. The average molecular weight is 246 g/mol. The molecule has 0 fully saturated rings. The Balaban J connectivity index is 4.66. The highest BCUT2D eigenvalue weighted by atomic mass is 16.5. The van der Waals surface area contributed by atoms with Crippen LogP contribution < -0.4 is 0 Å². The molecule has 0 aromatic rings. The van der Waals surface area contributed by atoms with Crippen LogP contribution in [-0.4, -0.2) is 39.6 Å². The summed E-state index contributed by atoms with van der Waals surface area (Å²) in [5.74, 6) is 0.454. The van der Waals surface area contributed by atoms with Gasteiger partial charge in [0, 0.05) is 19.6 Å². The van der Waals surface area contributed by atoms with Crippen molar-refractivity contribution in [1.82, 2.24) is 0 Å². The van der Waals surface area contributed by atoms with Crippen molar-refractivity contribution in [2.45, 2.75) is 46.6 Å². The van der Waals surface area contributed by atoms with Crippen LogP contribution in [0, 0.1) is 11.3 Å². The molecule has 0 saturated carbocycles. The molecule has 0 N–H and O–H groups in total. The first-order chi connectivity index (χ1) is 7.83. The predicted octanol–water partition coefficient (Wildman–Crippen LogP) is 3.13. The van der Waals surface area contributed by atoms with E-state index in [2.05, 4.69) is 34.6 Å². The maximum absolute atomic E-state index is 6.05. The molecule has 0 aliphatic heterocycles. The van der Waals surface area contributed by atoms with E-state index in [1.54, 1.807) is 14.2 Å². The maximum Gasteiger partial charge on any atom is 0.0624 e. The predicted molar refractivity (Wildman–Crippen MR) is 71.3 cm³/mol. The highest BCUT2D eigenvalue weighted by Gasteiger charge is 2.36. The Morgan fingerprint density at radius 1 is 0.941 bits per heavy atom. The second-order valence-electron chi connectivity index (χ2n) is 5.79. The van der Waals surface area contributed by atoms with Crippen LogP contribution in [0.1, 0.15) is 41.0 Å². The molecular weight excluding hydrogens is 216 g/mol. The lowest BCUT2D eigenvalue weighted by molar-refractivity contribution is -0.121. The van der Waals surface area contributed by atoms with Crippen molar-refractivity contribution in [2.24, 2.45) is 11.3 Å². The Morgan fingerprint density at radius 2 is 1.41 bits per heavy atom. The fourth-order valence-corrected chi connectivity index (χ4v) is 1.64. The van der Waals surface area contributed by atoms with Gasteiger partial charge in [0.25, 0.3) is 0 Å². The highest BCUT2D eigenvalue weighted by molar-refractivity contribution is 4.83. The van der Waals surface area contributed by atoms with Gasteiger partial charge in [0.15, 0.2) is 0 Å². The summed E-state index contributed by atoms with van der Waals surface area (Å²) in [6, 6.07) is 0. The third-order valence-corrected chi connectivity index (χ3v) is 3.69. The van der Waals surface area contributed by atoms with E-state index < -0.39 is 0 Å². The minimum atomic E-state index is -0.0817. The van der Waals surface area contributed by atoms with Crippen molar-refractivity contribution in [2.75, 3.05) is 34.0 Å². The normalized spacial score (nSPS) is 13.4. The van der Waals surface area contributed by atoms with E-state index in [0.29, 0.717) is 25.7 Å². The molecule has 3 nitrogen and oxygen atoms in total. The van der Waals surface area contributed by atoms with Crippen molar-refractivity contribution in [3.8, 4) is 0 Å². The SMILES string of the molecule is CCC(C)(C)OCC(COC)(COC)C(C)C. The lowest BCUT2D eigenvalue weighted by atomic mass is 9.79. The van der Waals surface area contributed by atoms with Gasteiger partial charge in [-0.05, 0) is 26.2 Å². The number of methoxy groups -OCH3 is 2. The summed E-state index contributed by atoms with van der Waals surface area (Å²) in [6.45, 7) is 12.8. The molecule has 0 radical (unpaired) electrons. The summed E-state index contributed by atoms with van der Waals surface area (Å²) in [6.07, 6.45) is 1.00. The van der Waals surface area contributed by atoms with Crippen molar-refractivity contribution in [1.29, 1.82) is 0 Å². The number of hydrogen-bond donors (Lipinski definition) is 0. The van der Waals surface area contributed by atoms with E-state index in [4.69, 9.17) is 14.2 Å². The summed E-state index contributed by atoms with van der Waals surface area (Å²) in [5.41, 5.74) is -0.141. The van der Waals surface area contributed by atoms with Crippen LogP contribution in [0.2, 0.25) is 0 Å². The van der Waals surface area contributed by atoms with Gasteiger partial charge in [0.2, 0.25) is 0 Å². The molecule has 0 aromatic carbocycles. The lowest BCUT2D eigenvalue weighted by Crippen LogP contribution is -2.43. The van der Waals surface area contributed by atoms with Crippen LogP contribution in [-0.2, 0) is 14.2 Å². The van der Waals surface area contributed by atoms with Crippen LogP contribution >= 0.6 is 0 Å². The number of hydrogen-bond acceptors (Lipinski definition) is 3. The van der Waals surface area contributed by atoms with E-state index in [0.717, 1.165) is 6.42 Å². The summed E-state index contributed by atoms with van der Waals surface area (Å²) in [5, 5.41) is 0. The van der Waals surface area contributed by atoms with Crippen molar-refractivity contribution < 1.29 is 14.2 Å². The third kappa shape index (κ3) is 5.36. The van der Waals surface area contributed by atoms with Crippen molar-refractivity contribution in [3.05, 3.63) is 0 Å². The molecule has 0 rings (SSSR count). The van der Waals surface area contributed by atoms with Gasteiger partial charge in [-0.25, -0.2) is 0 Å². The zero-order valence-electron chi connectivity index (χ0n) is 12.6. The van der Waals surface area contributed by atoms with Crippen LogP contribution in [0.5, 0.6) is 0 Å². The molecule has 0 unspecified atom stereocenters. The van der Waals surface area contributed by atoms with E-state index >= 15 is 0 Å². The summed E-state index contributed by atoms with van der Waals surface area (Å²) in [7, 11) is 3.47. The van der Waals surface area contributed by atoms with Crippen LogP contribution in [0.15, 0.2) is 0 Å². The molecule has 0 bridgehead atoms. The van der Waals surface area contributed by atoms with Gasteiger partial charge in [-0.2, -0.15) is 0 Å². The quantitative estimate of drug-likeness (QED) is 0.625. The zero-order valence-corrected chi connectivity index (χ0v) is 12.6. The van der Waals surface area contributed by atoms with Crippen LogP contribution in [0.25, 0.3) is 0 Å². The standard InChI is InChI=1S/C14H30O3/c1-8-13(4,5)17-11-14(9-15-6,10-16-7)12(2)3/h12H,8-11H2,1-7H3. The summed E-state index contributed by atoms with van der Waals surface area (Å²) < 4.78 is 16.8. The minimum absolute atomic E-state index is 0.0596. The van der Waals surface area contributed by atoms with Gasteiger partial charge in [0.05, 0.1) is 25.4 Å². The average Bonchev–Trinajstić information content (AvgIpc) is 2.26. The Hall–Kier alpha value is -0.120. The molecule has 0 amide bonds. The monoisotopic (exact) mass is 246 g/mol. The Bertz CT molecular complexity index is 194. The molecule has 0 aliphatic carbocycles. The van der Waals surface area contributed by atoms with Crippen molar-refractivity contribution in [3.63, 3.8) is 0 Å². The highest BCUT2D eigenvalue weighted by Crippen LogP contribution is 2.31. The van der Waals surface area contributed by atoms with E-state index in [1.165, 1.54) is 0 Å². The van der Waals surface area contributed by atoms with E-state index in [9.17, 15) is 0 Å². The van der Waals surface area contributed by atoms with Gasteiger partial charge in [-0.1, -0.05) is 20.8 Å². The molecule has 0 aliphatic rings. The first-order valence-corrected chi connectivity index (χ1v) is 6.45. The number of rotatable bonds is 9. The molecule has 0 spiro atoms. The van der Waals surface area contributed by atoms with Crippen LogP contribution in [0.4, 0.5) is 0 Å². The Kier molecular flexibility index (Phi) is 7.29. The molecule has 104 valence electrons. The van der Waals surface area contributed by atoms with Gasteiger partial charge >= 0.3 is 0 Å². The molecule has 0 aromatic heterocycles. The second-order valence-corrected chi connectivity index (χ2v) is 5.79. The first kappa shape index (κ1) is 16.9. The van der Waals surface area contributed by atoms with E-state index in [1.807, 2.05) is 0 Å². The maximum atomic E-state index is 6.05. The molecular formula is C14H30O3. The largest absolute Gasteiger partial charge is 0.384 e. The van der Waals surface area contributed by atoms with Crippen molar-refractivity contribution >= 4 is 0 Å². The minimum Gasteiger partial charge on any atom is -0.384 e. The van der Waals surface area contributed by atoms with Gasteiger partial charge in [0.1, 0.15) is 0 Å². The van der Waals surface area contributed by atoms with Gasteiger partial charge in [-0.3, -0.25) is 0 Å². The number of ether oxygens (including phenoxy) is 3. The summed E-state index contributed by atoms with van der Waals surface area (Å²) in [4.78, 5) is 0. The van der Waals surface area contributed by atoms with Crippen LogP contribution in [0.3, 0.4) is 0 Å². The molecule has 0 saturated heterocycles. The lowest BCUT2D eigenvalue weighted by Gasteiger charge is -2.39. The van der Waals surface area contributed by atoms with Gasteiger partial charge < -0.3 is 14.2 Å². The topological polar surface area (TPSA) is 27.7 Å². The fourth-order valence-electron chi connectivity index (χ4n) is 1.64. The Labute approximate surface area is 107 Å². The van der Waals surface area contributed by atoms with Gasteiger partial charge in [-0.15, -0.1) is 0 Å². The zero-order chi connectivity index (χ0) is 13.5. The third-order valence-electron chi connectivity index (χ3n) is 3.69. The molecule has 0 atom stereocenters. The second kappa shape index (κ2) is 7.34. The molecule has 17 heavy (non-hydrogen) atoms. The molecule has 0 heterocycles. The smallest absolute Gasteiger partial charge is 0.0624 e. The fraction of sp³-hybridized carbons (Fsp3) is 1.00. The summed E-state index contributed by atoms with van der Waals surface area (Å²) >= 11 is 0. The Morgan fingerprint density at radius 3 is 1.71 bits per heavy atom. The van der Waals surface area contributed by atoms with E-state index in [-0.39, 0.29) is 11.0 Å².